The molecule has 3 heteroatoms. The molecule has 92 valence electrons. The van der Waals surface area contributed by atoms with E-state index < -0.39 is 0 Å². The Kier molecular flexibility index (Phi) is 2.70. The predicted octanol–water partition coefficient (Wildman–Crippen LogP) is 4.13. The molecule has 17 heavy (non-hydrogen) atoms. The van der Waals surface area contributed by atoms with Gasteiger partial charge in [0.15, 0.2) is 0 Å². The smallest absolute Gasteiger partial charge is 0.0591 e. The van der Waals surface area contributed by atoms with Crippen LogP contribution in [0.3, 0.4) is 0 Å². The van der Waals surface area contributed by atoms with Gasteiger partial charge in [0, 0.05) is 11.6 Å². The molecule has 0 amide bonds. The minimum Gasteiger partial charge on any atom is -0.381 e. The topological polar surface area (TPSA) is 24.1 Å². The standard InChI is InChI=1S/C14H19ClN2/c1-10-3-2-6-14(8-10)9-16-13-7-11(15)4-5-12(13)17-14/h4-5,7,10,16-17H,2-3,6,8-9H2,1H3. The molecule has 2 unspecified atom stereocenters. The van der Waals surface area contributed by atoms with Gasteiger partial charge < -0.3 is 10.6 Å². The second-order valence-electron chi connectivity index (χ2n) is 5.65. The summed E-state index contributed by atoms with van der Waals surface area (Å²) in [4.78, 5) is 0. The Morgan fingerprint density at radius 2 is 2.24 bits per heavy atom. The molecule has 3 rings (SSSR count). The van der Waals surface area contributed by atoms with Crippen molar-refractivity contribution in [1.29, 1.82) is 0 Å². The van der Waals surface area contributed by atoms with E-state index in [0.29, 0.717) is 0 Å². The minimum absolute atomic E-state index is 0.262. The monoisotopic (exact) mass is 250 g/mol. The van der Waals surface area contributed by atoms with Crippen LogP contribution in [0.1, 0.15) is 32.6 Å². The summed E-state index contributed by atoms with van der Waals surface area (Å²) in [6, 6.07) is 6.05. The molecule has 0 bridgehead atoms. The quantitative estimate of drug-likeness (QED) is 0.724. The molecule has 2 nitrogen and oxygen atoms in total. The SMILES string of the molecule is CC1CCCC2(CNc3cc(Cl)ccc3N2)C1. The van der Waals surface area contributed by atoms with E-state index in [-0.39, 0.29) is 5.54 Å². The molecule has 1 aliphatic carbocycles. The number of hydrogen-bond acceptors (Lipinski definition) is 2. The second kappa shape index (κ2) is 4.09. The first-order chi connectivity index (χ1) is 8.17. The van der Waals surface area contributed by atoms with Crippen molar-refractivity contribution in [2.75, 3.05) is 17.2 Å². The lowest BCUT2D eigenvalue weighted by Gasteiger charge is -2.45. The van der Waals surface area contributed by atoms with Crippen molar-refractivity contribution in [2.24, 2.45) is 5.92 Å². The van der Waals surface area contributed by atoms with Crippen molar-refractivity contribution in [3.05, 3.63) is 23.2 Å². The molecule has 1 aromatic rings. The van der Waals surface area contributed by atoms with E-state index in [1.165, 1.54) is 31.4 Å². The van der Waals surface area contributed by atoms with E-state index in [4.69, 9.17) is 11.6 Å². The maximum atomic E-state index is 6.01. The molecule has 1 saturated carbocycles. The highest BCUT2D eigenvalue weighted by Crippen LogP contribution is 2.40. The molecule has 1 spiro atoms. The number of benzene rings is 1. The van der Waals surface area contributed by atoms with Gasteiger partial charge in [-0.15, -0.1) is 0 Å². The second-order valence-corrected chi connectivity index (χ2v) is 6.09. The first kappa shape index (κ1) is 11.2. The zero-order valence-corrected chi connectivity index (χ0v) is 11.0. The third-order valence-electron chi connectivity index (χ3n) is 4.09. The highest BCUT2D eigenvalue weighted by molar-refractivity contribution is 6.31. The number of nitrogens with one attached hydrogen (secondary N) is 2. The summed E-state index contributed by atoms with van der Waals surface area (Å²) in [6.45, 7) is 3.38. The van der Waals surface area contributed by atoms with Crippen molar-refractivity contribution in [3.8, 4) is 0 Å². The van der Waals surface area contributed by atoms with Crippen LogP contribution in [0.15, 0.2) is 18.2 Å². The maximum Gasteiger partial charge on any atom is 0.0591 e. The fraction of sp³-hybridized carbons (Fsp3) is 0.571. The van der Waals surface area contributed by atoms with Gasteiger partial charge in [-0.1, -0.05) is 31.4 Å². The molecule has 1 heterocycles. The third kappa shape index (κ3) is 2.11. The molecule has 2 aliphatic rings. The highest BCUT2D eigenvalue weighted by Gasteiger charge is 2.37. The minimum atomic E-state index is 0.262. The third-order valence-corrected chi connectivity index (χ3v) is 4.33. The van der Waals surface area contributed by atoms with Crippen LogP contribution >= 0.6 is 11.6 Å². The Hall–Kier alpha value is -0.890. The number of hydrogen-bond donors (Lipinski definition) is 2. The van der Waals surface area contributed by atoms with E-state index in [1.54, 1.807) is 0 Å². The van der Waals surface area contributed by atoms with E-state index >= 15 is 0 Å². The van der Waals surface area contributed by atoms with Gasteiger partial charge in [0.2, 0.25) is 0 Å². The lowest BCUT2D eigenvalue weighted by molar-refractivity contribution is 0.266. The van der Waals surface area contributed by atoms with Crippen LogP contribution in [-0.2, 0) is 0 Å². The Balaban J connectivity index is 1.86. The molecule has 0 saturated heterocycles. The van der Waals surface area contributed by atoms with Gasteiger partial charge in [-0.05, 0) is 37.0 Å². The van der Waals surface area contributed by atoms with Crippen molar-refractivity contribution in [2.45, 2.75) is 38.1 Å². The molecule has 2 N–H and O–H groups in total. The normalized spacial score (nSPS) is 31.5. The molecule has 0 radical (unpaired) electrons. The fourth-order valence-corrected chi connectivity index (χ4v) is 3.47. The van der Waals surface area contributed by atoms with E-state index in [9.17, 15) is 0 Å². The van der Waals surface area contributed by atoms with Crippen molar-refractivity contribution >= 4 is 23.0 Å². The maximum absolute atomic E-state index is 6.01. The number of fused-ring (bicyclic) bond motifs is 1. The highest BCUT2D eigenvalue weighted by atomic mass is 35.5. The molecular formula is C14H19ClN2. The zero-order valence-electron chi connectivity index (χ0n) is 10.2. The average Bonchev–Trinajstić information content (AvgIpc) is 2.30. The van der Waals surface area contributed by atoms with Crippen LogP contribution in [0, 0.1) is 5.92 Å². The lowest BCUT2D eigenvalue weighted by atomic mass is 9.75. The van der Waals surface area contributed by atoms with Crippen LogP contribution in [0.5, 0.6) is 0 Å². The van der Waals surface area contributed by atoms with Gasteiger partial charge in [0.05, 0.1) is 16.9 Å². The molecule has 1 aromatic carbocycles. The van der Waals surface area contributed by atoms with Gasteiger partial charge in [0.1, 0.15) is 0 Å². The summed E-state index contributed by atoms with van der Waals surface area (Å²) in [5, 5.41) is 8.08. The van der Waals surface area contributed by atoms with Gasteiger partial charge in [0.25, 0.3) is 0 Å². The number of halogens is 1. The Morgan fingerprint density at radius 1 is 1.35 bits per heavy atom. The van der Waals surface area contributed by atoms with Crippen LogP contribution in [0.4, 0.5) is 11.4 Å². The summed E-state index contributed by atoms with van der Waals surface area (Å²) in [5.41, 5.74) is 2.61. The first-order valence-electron chi connectivity index (χ1n) is 6.49. The molecule has 1 aliphatic heterocycles. The van der Waals surface area contributed by atoms with Crippen molar-refractivity contribution < 1.29 is 0 Å². The number of anilines is 2. The summed E-state index contributed by atoms with van der Waals surface area (Å²) in [6.07, 6.45) is 5.24. The van der Waals surface area contributed by atoms with Gasteiger partial charge in [-0.3, -0.25) is 0 Å². The van der Waals surface area contributed by atoms with Crippen LogP contribution in [0.25, 0.3) is 0 Å². The van der Waals surface area contributed by atoms with Crippen LogP contribution in [0.2, 0.25) is 5.02 Å². The Labute approximate surface area is 108 Å². The van der Waals surface area contributed by atoms with Gasteiger partial charge in [-0.2, -0.15) is 0 Å². The van der Waals surface area contributed by atoms with Crippen LogP contribution in [-0.4, -0.2) is 12.1 Å². The number of rotatable bonds is 0. The van der Waals surface area contributed by atoms with Gasteiger partial charge in [-0.25, -0.2) is 0 Å². The predicted molar refractivity (Wildman–Crippen MR) is 73.9 cm³/mol. The molecule has 0 aromatic heterocycles. The molecular weight excluding hydrogens is 232 g/mol. The lowest BCUT2D eigenvalue weighted by Crippen LogP contribution is -2.50. The largest absolute Gasteiger partial charge is 0.381 e. The summed E-state index contributed by atoms with van der Waals surface area (Å²) >= 11 is 6.01. The fourth-order valence-electron chi connectivity index (χ4n) is 3.30. The van der Waals surface area contributed by atoms with E-state index in [2.05, 4.69) is 23.6 Å². The first-order valence-corrected chi connectivity index (χ1v) is 6.86. The van der Waals surface area contributed by atoms with Crippen LogP contribution < -0.4 is 10.6 Å². The summed E-state index contributed by atoms with van der Waals surface area (Å²) in [7, 11) is 0. The van der Waals surface area contributed by atoms with E-state index in [1.807, 2.05) is 12.1 Å². The summed E-state index contributed by atoms with van der Waals surface area (Å²) < 4.78 is 0. The molecule has 1 fully saturated rings. The van der Waals surface area contributed by atoms with Crippen molar-refractivity contribution in [3.63, 3.8) is 0 Å². The average molecular weight is 251 g/mol. The Bertz CT molecular complexity index is 432. The zero-order chi connectivity index (χ0) is 11.9. The van der Waals surface area contributed by atoms with Gasteiger partial charge >= 0.3 is 0 Å². The summed E-state index contributed by atoms with van der Waals surface area (Å²) in [5.74, 6) is 0.826. The Morgan fingerprint density at radius 3 is 3.06 bits per heavy atom. The van der Waals surface area contributed by atoms with E-state index in [0.717, 1.165) is 23.2 Å². The molecule has 2 atom stereocenters. The van der Waals surface area contributed by atoms with Crippen molar-refractivity contribution in [1.82, 2.24) is 0 Å².